The smallest absolute Gasteiger partial charge is 0.251 e. The minimum absolute atomic E-state index is 0.0296. The van der Waals surface area contributed by atoms with Crippen LogP contribution in [-0.2, 0) is 6.61 Å². The van der Waals surface area contributed by atoms with Gasteiger partial charge in [0.15, 0.2) is 0 Å². The van der Waals surface area contributed by atoms with E-state index in [1.165, 1.54) is 6.20 Å². The van der Waals surface area contributed by atoms with E-state index in [0.717, 1.165) is 37.1 Å². The van der Waals surface area contributed by atoms with Gasteiger partial charge in [0, 0.05) is 29.9 Å². The number of piperidine rings is 1. The van der Waals surface area contributed by atoms with Crippen molar-refractivity contribution in [2.24, 2.45) is 5.73 Å². The van der Waals surface area contributed by atoms with Gasteiger partial charge in [-0.05, 0) is 55.5 Å². The van der Waals surface area contributed by atoms with Crippen LogP contribution in [0.5, 0.6) is 0 Å². The molecule has 2 aliphatic rings. The lowest BCUT2D eigenvalue weighted by Crippen LogP contribution is -2.50. The number of carbonyl (C=O) groups excluding carboxylic acids is 2. The van der Waals surface area contributed by atoms with Crippen LogP contribution in [0.3, 0.4) is 0 Å². The zero-order valence-corrected chi connectivity index (χ0v) is 15.5. The Balaban J connectivity index is 1.41. The van der Waals surface area contributed by atoms with Crippen LogP contribution in [0.25, 0.3) is 0 Å². The Bertz CT molecular complexity index is 852. The standard InChI is InChI=1S/C21H24N4O3/c22-20(27)15-5-8-19(23-11-15)25-17-6-7-18(25)10-16(9-17)24-21(28)14-3-1-13(12-26)2-4-14/h1-5,8,11,16-18,26H,6-7,9-10,12H2,(H2,22,27)(H,24,28)/t16-,17+,18-. The summed E-state index contributed by atoms with van der Waals surface area (Å²) in [6.45, 7) is -0.0296. The first-order valence-corrected chi connectivity index (χ1v) is 9.60. The summed E-state index contributed by atoms with van der Waals surface area (Å²) in [7, 11) is 0. The quantitative estimate of drug-likeness (QED) is 0.730. The fourth-order valence-corrected chi connectivity index (χ4v) is 4.38. The molecule has 1 aromatic carbocycles. The number of pyridine rings is 1. The molecule has 1 aromatic heterocycles. The molecule has 4 rings (SSSR count). The Kier molecular flexibility index (Phi) is 5.00. The highest BCUT2D eigenvalue weighted by Gasteiger charge is 2.41. The van der Waals surface area contributed by atoms with Gasteiger partial charge in [-0.15, -0.1) is 0 Å². The molecular weight excluding hydrogens is 356 g/mol. The van der Waals surface area contributed by atoms with Gasteiger partial charge in [0.05, 0.1) is 12.2 Å². The van der Waals surface area contributed by atoms with E-state index in [4.69, 9.17) is 10.8 Å². The summed E-state index contributed by atoms with van der Waals surface area (Å²) in [5.41, 5.74) is 7.10. The maximum Gasteiger partial charge on any atom is 0.251 e. The minimum Gasteiger partial charge on any atom is -0.392 e. The number of amides is 2. The molecule has 4 N–H and O–H groups in total. The van der Waals surface area contributed by atoms with Crippen LogP contribution in [-0.4, -0.2) is 40.0 Å². The molecule has 0 spiro atoms. The molecule has 0 saturated carbocycles. The molecule has 7 nitrogen and oxygen atoms in total. The summed E-state index contributed by atoms with van der Waals surface area (Å²) in [5.74, 6) is 0.309. The molecule has 2 bridgehead atoms. The minimum atomic E-state index is -0.476. The molecule has 0 aliphatic carbocycles. The van der Waals surface area contributed by atoms with Gasteiger partial charge in [0.25, 0.3) is 5.91 Å². The SMILES string of the molecule is NC(=O)c1ccc(N2[C@@H]3CC[C@H]2C[C@@H](NC(=O)c2ccc(CO)cc2)C3)nc1. The van der Waals surface area contributed by atoms with Crippen molar-refractivity contribution >= 4 is 17.6 Å². The Morgan fingerprint density at radius 1 is 1.07 bits per heavy atom. The van der Waals surface area contributed by atoms with Crippen LogP contribution in [0.4, 0.5) is 5.82 Å². The summed E-state index contributed by atoms with van der Waals surface area (Å²) in [6.07, 6.45) is 5.41. The number of carbonyl (C=O) groups is 2. The van der Waals surface area contributed by atoms with Crippen molar-refractivity contribution in [3.05, 3.63) is 59.3 Å². The van der Waals surface area contributed by atoms with E-state index >= 15 is 0 Å². The number of aromatic nitrogens is 1. The first kappa shape index (κ1) is 18.4. The van der Waals surface area contributed by atoms with Gasteiger partial charge in [0.1, 0.15) is 5.82 Å². The third kappa shape index (κ3) is 3.57. The number of hydrogen-bond acceptors (Lipinski definition) is 5. The molecule has 0 radical (unpaired) electrons. The summed E-state index contributed by atoms with van der Waals surface area (Å²) < 4.78 is 0. The molecular formula is C21H24N4O3. The molecule has 7 heteroatoms. The van der Waals surface area contributed by atoms with Crippen molar-refractivity contribution in [1.82, 2.24) is 10.3 Å². The van der Waals surface area contributed by atoms with Gasteiger partial charge in [-0.1, -0.05) is 12.1 Å². The zero-order valence-electron chi connectivity index (χ0n) is 15.5. The number of anilines is 1. The van der Waals surface area contributed by atoms with Crippen molar-refractivity contribution in [3.8, 4) is 0 Å². The lowest BCUT2D eigenvalue weighted by molar-refractivity contribution is 0.0926. The number of nitrogens with zero attached hydrogens (tertiary/aromatic N) is 2. The number of hydrogen-bond donors (Lipinski definition) is 3. The number of primary amides is 1. The van der Waals surface area contributed by atoms with Crippen molar-refractivity contribution in [1.29, 1.82) is 0 Å². The largest absolute Gasteiger partial charge is 0.392 e. The van der Waals surface area contributed by atoms with Crippen molar-refractivity contribution in [2.45, 2.75) is 50.4 Å². The lowest BCUT2D eigenvalue weighted by atomic mass is 9.96. The number of benzene rings is 1. The average Bonchev–Trinajstić information content (AvgIpc) is 2.98. The highest BCUT2D eigenvalue weighted by Crippen LogP contribution is 2.38. The number of fused-ring (bicyclic) bond motifs is 2. The van der Waals surface area contributed by atoms with Crippen LogP contribution in [0.2, 0.25) is 0 Å². The second-order valence-corrected chi connectivity index (χ2v) is 7.56. The van der Waals surface area contributed by atoms with E-state index in [-0.39, 0.29) is 18.6 Å². The molecule has 2 aliphatic heterocycles. The summed E-state index contributed by atoms with van der Waals surface area (Å²) in [6, 6.07) is 11.4. The van der Waals surface area contributed by atoms with Crippen molar-refractivity contribution < 1.29 is 14.7 Å². The normalized spacial score (nSPS) is 23.5. The molecule has 2 amide bonds. The fourth-order valence-electron chi connectivity index (χ4n) is 4.38. The highest BCUT2D eigenvalue weighted by atomic mass is 16.3. The maximum absolute atomic E-state index is 12.6. The Morgan fingerprint density at radius 3 is 2.25 bits per heavy atom. The van der Waals surface area contributed by atoms with Gasteiger partial charge >= 0.3 is 0 Å². The van der Waals surface area contributed by atoms with Gasteiger partial charge in [-0.2, -0.15) is 0 Å². The van der Waals surface area contributed by atoms with Gasteiger partial charge < -0.3 is 21.1 Å². The van der Waals surface area contributed by atoms with Crippen LogP contribution in [0.1, 0.15) is 52.0 Å². The second kappa shape index (κ2) is 7.59. The maximum atomic E-state index is 12.6. The topological polar surface area (TPSA) is 109 Å². The molecule has 3 heterocycles. The second-order valence-electron chi connectivity index (χ2n) is 7.56. The van der Waals surface area contributed by atoms with Crippen molar-refractivity contribution in [3.63, 3.8) is 0 Å². The van der Waals surface area contributed by atoms with Crippen LogP contribution >= 0.6 is 0 Å². The van der Waals surface area contributed by atoms with Crippen LogP contribution in [0.15, 0.2) is 42.6 Å². The van der Waals surface area contributed by atoms with E-state index in [0.29, 0.717) is 23.2 Å². The average molecular weight is 380 g/mol. The van der Waals surface area contributed by atoms with E-state index in [1.807, 2.05) is 6.07 Å². The number of aliphatic hydroxyl groups is 1. The predicted molar refractivity (Wildman–Crippen MR) is 105 cm³/mol. The molecule has 2 fully saturated rings. The van der Waals surface area contributed by atoms with Gasteiger partial charge in [-0.3, -0.25) is 9.59 Å². The first-order chi connectivity index (χ1) is 13.5. The fraction of sp³-hybridized carbons (Fsp3) is 0.381. The van der Waals surface area contributed by atoms with E-state index < -0.39 is 5.91 Å². The third-order valence-corrected chi connectivity index (χ3v) is 5.76. The number of nitrogens with two attached hydrogens (primary N) is 1. The molecule has 0 unspecified atom stereocenters. The molecule has 2 saturated heterocycles. The molecule has 2 aromatic rings. The van der Waals surface area contributed by atoms with Gasteiger partial charge in [-0.25, -0.2) is 4.98 Å². The van der Waals surface area contributed by atoms with Crippen molar-refractivity contribution in [2.75, 3.05) is 4.90 Å². The number of rotatable bonds is 5. The Labute approximate surface area is 163 Å². The Hall–Kier alpha value is -2.93. The number of nitrogens with one attached hydrogen (secondary N) is 1. The van der Waals surface area contributed by atoms with Gasteiger partial charge in [0.2, 0.25) is 5.91 Å². The zero-order chi connectivity index (χ0) is 19.7. The van der Waals surface area contributed by atoms with E-state index in [2.05, 4.69) is 15.2 Å². The first-order valence-electron chi connectivity index (χ1n) is 9.60. The molecule has 3 atom stereocenters. The molecule has 146 valence electrons. The third-order valence-electron chi connectivity index (χ3n) is 5.76. The monoisotopic (exact) mass is 380 g/mol. The summed E-state index contributed by atoms with van der Waals surface area (Å²) >= 11 is 0. The molecule has 28 heavy (non-hydrogen) atoms. The van der Waals surface area contributed by atoms with Crippen LogP contribution < -0.4 is 16.0 Å². The lowest BCUT2D eigenvalue weighted by Gasteiger charge is -2.40. The predicted octanol–water partition coefficient (Wildman–Crippen LogP) is 1.60. The van der Waals surface area contributed by atoms with Crippen LogP contribution in [0, 0.1) is 0 Å². The summed E-state index contributed by atoms with van der Waals surface area (Å²) in [4.78, 5) is 30.6. The summed E-state index contributed by atoms with van der Waals surface area (Å²) in [5, 5.41) is 12.3. The van der Waals surface area contributed by atoms with E-state index in [9.17, 15) is 9.59 Å². The number of aliphatic hydroxyl groups excluding tert-OH is 1. The van der Waals surface area contributed by atoms with E-state index in [1.54, 1.807) is 30.3 Å². The highest BCUT2D eigenvalue weighted by molar-refractivity contribution is 5.94. The Morgan fingerprint density at radius 2 is 1.71 bits per heavy atom.